The molecule has 1 amide bonds. The molecule has 1 aromatic rings. The highest BCUT2D eigenvalue weighted by Gasteiger charge is 2.12. The molecule has 2 N–H and O–H groups in total. The van der Waals surface area contributed by atoms with E-state index < -0.39 is 10.0 Å². The van der Waals surface area contributed by atoms with Crippen LogP contribution in [0.3, 0.4) is 0 Å². The van der Waals surface area contributed by atoms with Crippen molar-refractivity contribution in [2.24, 2.45) is 0 Å². The van der Waals surface area contributed by atoms with E-state index in [0.717, 1.165) is 0 Å². The van der Waals surface area contributed by atoms with E-state index in [1.165, 1.54) is 0 Å². The lowest BCUT2D eigenvalue weighted by Gasteiger charge is -2.08. The first-order chi connectivity index (χ1) is 8.85. The number of amides is 1. The molecular weight excluding hydrogens is 356 g/mol. The summed E-state index contributed by atoms with van der Waals surface area (Å²) in [6.07, 6.45) is 0. The summed E-state index contributed by atoms with van der Waals surface area (Å²) in [5.74, 6) is -0.507. The van der Waals surface area contributed by atoms with Gasteiger partial charge in [0.1, 0.15) is 0 Å². The van der Waals surface area contributed by atoms with Crippen molar-refractivity contribution < 1.29 is 13.2 Å². The fraction of sp³-hybridized carbons (Fsp3) is 0.364. The maximum atomic E-state index is 11.8. The van der Waals surface area contributed by atoms with Crippen LogP contribution in [0.15, 0.2) is 22.7 Å². The van der Waals surface area contributed by atoms with Crippen molar-refractivity contribution in [2.45, 2.75) is 6.92 Å². The lowest BCUT2D eigenvalue weighted by Crippen LogP contribution is -2.34. The summed E-state index contributed by atoms with van der Waals surface area (Å²) < 4.78 is 25.7. The number of hydrogen-bond donors (Lipinski definition) is 2. The highest BCUT2D eigenvalue weighted by Crippen LogP contribution is 2.21. The number of rotatable bonds is 6. The molecule has 0 bridgehead atoms. The number of benzene rings is 1. The normalized spacial score (nSPS) is 11.3. The summed E-state index contributed by atoms with van der Waals surface area (Å²) >= 11 is 9.00. The quantitative estimate of drug-likeness (QED) is 0.802. The van der Waals surface area contributed by atoms with E-state index >= 15 is 0 Å². The van der Waals surface area contributed by atoms with Crippen LogP contribution in [-0.4, -0.2) is 33.2 Å². The molecule has 0 unspecified atom stereocenters. The zero-order chi connectivity index (χ0) is 14.5. The van der Waals surface area contributed by atoms with Crippen LogP contribution < -0.4 is 10.0 Å². The van der Waals surface area contributed by atoms with Crippen LogP contribution in [0.1, 0.15) is 17.3 Å². The first-order valence-corrected chi connectivity index (χ1v) is 8.38. The zero-order valence-electron chi connectivity index (χ0n) is 10.2. The molecule has 0 aliphatic carbocycles. The van der Waals surface area contributed by atoms with Gasteiger partial charge in [0.2, 0.25) is 10.0 Å². The fourth-order valence-corrected chi connectivity index (χ4v) is 3.18. The molecule has 0 fully saturated rings. The largest absolute Gasteiger partial charge is 0.351 e. The van der Waals surface area contributed by atoms with Crippen LogP contribution in [0.2, 0.25) is 5.02 Å². The van der Waals surface area contributed by atoms with Gasteiger partial charge in [-0.1, -0.05) is 18.5 Å². The van der Waals surface area contributed by atoms with Gasteiger partial charge in [-0.25, -0.2) is 13.1 Å². The minimum Gasteiger partial charge on any atom is -0.351 e. The Balaban J connectivity index is 2.57. The molecule has 1 rings (SSSR count). The lowest BCUT2D eigenvalue weighted by atomic mass is 10.2. The van der Waals surface area contributed by atoms with Crippen molar-refractivity contribution in [3.05, 3.63) is 33.3 Å². The van der Waals surface area contributed by atoms with Crippen molar-refractivity contribution >= 4 is 43.5 Å². The summed E-state index contributed by atoms with van der Waals surface area (Å²) in [5, 5.41) is 3.05. The Kier molecular flexibility index (Phi) is 6.25. The van der Waals surface area contributed by atoms with Crippen molar-refractivity contribution in [3.63, 3.8) is 0 Å². The van der Waals surface area contributed by atoms with Crippen molar-refractivity contribution in [3.8, 4) is 0 Å². The van der Waals surface area contributed by atoms with Crippen molar-refractivity contribution in [1.29, 1.82) is 0 Å². The maximum Gasteiger partial charge on any atom is 0.252 e. The maximum absolute atomic E-state index is 11.8. The van der Waals surface area contributed by atoms with Crippen LogP contribution in [0.5, 0.6) is 0 Å². The molecule has 0 atom stereocenters. The molecule has 0 saturated carbocycles. The Morgan fingerprint density at radius 2 is 2.11 bits per heavy atom. The Morgan fingerprint density at radius 3 is 2.68 bits per heavy atom. The minimum absolute atomic E-state index is 0.0449. The monoisotopic (exact) mass is 368 g/mol. The van der Waals surface area contributed by atoms with Crippen LogP contribution in [-0.2, 0) is 10.0 Å². The zero-order valence-corrected chi connectivity index (χ0v) is 13.4. The van der Waals surface area contributed by atoms with Crippen LogP contribution in [0.4, 0.5) is 0 Å². The average molecular weight is 370 g/mol. The number of hydrogen-bond acceptors (Lipinski definition) is 3. The van der Waals surface area contributed by atoms with Crippen LogP contribution in [0, 0.1) is 0 Å². The molecule has 0 saturated heterocycles. The van der Waals surface area contributed by atoms with Gasteiger partial charge in [-0.05, 0) is 34.1 Å². The van der Waals surface area contributed by atoms with Gasteiger partial charge in [0.05, 0.1) is 11.3 Å². The number of sulfonamides is 1. The molecule has 0 aliphatic heterocycles. The predicted octanol–water partition coefficient (Wildman–Crippen LogP) is 1.77. The average Bonchev–Trinajstić information content (AvgIpc) is 2.28. The standard InChI is InChI=1S/C11H14BrClN2O3S/c1-2-15-19(17,18)6-5-14-11(16)9-4-3-8(13)7-10(9)12/h3-4,7,15H,2,5-6H2,1H3,(H,14,16). The van der Waals surface area contributed by atoms with E-state index in [4.69, 9.17) is 11.6 Å². The second kappa shape index (κ2) is 7.23. The number of nitrogens with one attached hydrogen (secondary N) is 2. The van der Waals surface area contributed by atoms with Gasteiger partial charge >= 0.3 is 0 Å². The van der Waals surface area contributed by atoms with Gasteiger partial charge < -0.3 is 5.32 Å². The summed E-state index contributed by atoms with van der Waals surface area (Å²) in [6, 6.07) is 4.77. The molecule has 0 aromatic heterocycles. The molecule has 5 nitrogen and oxygen atoms in total. The summed E-state index contributed by atoms with van der Waals surface area (Å²) in [4.78, 5) is 11.8. The highest BCUT2D eigenvalue weighted by molar-refractivity contribution is 9.10. The second-order valence-electron chi connectivity index (χ2n) is 3.70. The van der Waals surface area contributed by atoms with Crippen LogP contribution >= 0.6 is 27.5 Å². The van der Waals surface area contributed by atoms with Gasteiger partial charge in [-0.3, -0.25) is 4.79 Å². The number of carbonyl (C=O) groups excluding carboxylic acids is 1. The summed E-state index contributed by atoms with van der Waals surface area (Å²) in [5.41, 5.74) is 0.408. The van der Waals surface area contributed by atoms with Gasteiger partial charge in [0, 0.05) is 22.6 Å². The Morgan fingerprint density at radius 1 is 1.42 bits per heavy atom. The Hall–Kier alpha value is -0.630. The Labute approximate surface area is 125 Å². The SMILES string of the molecule is CCNS(=O)(=O)CCNC(=O)c1ccc(Cl)cc1Br. The molecule has 0 heterocycles. The molecular formula is C11H14BrClN2O3S. The smallest absolute Gasteiger partial charge is 0.252 e. The van der Waals surface area contributed by atoms with Gasteiger partial charge in [-0.2, -0.15) is 0 Å². The van der Waals surface area contributed by atoms with Crippen LogP contribution in [0.25, 0.3) is 0 Å². The van der Waals surface area contributed by atoms with E-state index in [2.05, 4.69) is 26.0 Å². The number of carbonyl (C=O) groups is 1. The van der Waals surface area contributed by atoms with E-state index in [0.29, 0.717) is 21.6 Å². The summed E-state index contributed by atoms with van der Waals surface area (Å²) in [6.45, 7) is 2.07. The first kappa shape index (κ1) is 16.4. The molecule has 0 spiro atoms. The highest BCUT2D eigenvalue weighted by atomic mass is 79.9. The fourth-order valence-electron chi connectivity index (χ4n) is 1.36. The second-order valence-corrected chi connectivity index (χ2v) is 6.91. The third-order valence-electron chi connectivity index (χ3n) is 2.20. The van der Waals surface area contributed by atoms with Gasteiger partial charge in [0.25, 0.3) is 5.91 Å². The topological polar surface area (TPSA) is 75.3 Å². The molecule has 1 aromatic carbocycles. The van der Waals surface area contributed by atoms with Gasteiger partial charge in [0.15, 0.2) is 0 Å². The minimum atomic E-state index is -3.32. The predicted molar refractivity (Wildman–Crippen MR) is 78.9 cm³/mol. The van der Waals surface area contributed by atoms with E-state index in [1.807, 2.05) is 0 Å². The van der Waals surface area contributed by atoms with E-state index in [1.54, 1.807) is 25.1 Å². The molecule has 19 heavy (non-hydrogen) atoms. The third-order valence-corrected chi connectivity index (χ3v) is 4.56. The molecule has 0 aliphatic rings. The molecule has 8 heteroatoms. The molecule has 0 radical (unpaired) electrons. The van der Waals surface area contributed by atoms with E-state index in [-0.39, 0.29) is 18.2 Å². The first-order valence-electron chi connectivity index (χ1n) is 5.56. The van der Waals surface area contributed by atoms with Crippen molar-refractivity contribution in [2.75, 3.05) is 18.8 Å². The third kappa shape index (κ3) is 5.48. The van der Waals surface area contributed by atoms with Gasteiger partial charge in [-0.15, -0.1) is 0 Å². The van der Waals surface area contributed by atoms with Crippen molar-refractivity contribution in [1.82, 2.24) is 10.0 Å². The Bertz CT molecular complexity index is 563. The lowest BCUT2D eigenvalue weighted by molar-refractivity contribution is 0.0955. The molecule has 106 valence electrons. The summed E-state index contributed by atoms with van der Waals surface area (Å²) in [7, 11) is -3.32. The van der Waals surface area contributed by atoms with E-state index in [9.17, 15) is 13.2 Å². The number of halogens is 2.